The van der Waals surface area contributed by atoms with Crippen molar-refractivity contribution in [2.45, 2.75) is 59.0 Å². The van der Waals surface area contributed by atoms with Crippen LogP contribution < -0.4 is 5.32 Å². The molecule has 120 valence electrons. The lowest BCUT2D eigenvalue weighted by atomic mass is 9.99. The zero-order chi connectivity index (χ0) is 15.2. The van der Waals surface area contributed by atoms with E-state index in [1.807, 2.05) is 0 Å². The first kappa shape index (κ1) is 17.9. The third-order valence-corrected chi connectivity index (χ3v) is 6.48. The molecule has 3 atom stereocenters. The Morgan fingerprint density at radius 3 is 2.65 bits per heavy atom. The van der Waals surface area contributed by atoms with Gasteiger partial charge in [0.05, 0.1) is 5.75 Å². The second-order valence-corrected chi connectivity index (χ2v) is 8.64. The molecule has 1 N–H and O–H groups in total. The fourth-order valence-electron chi connectivity index (χ4n) is 2.77. The van der Waals surface area contributed by atoms with Crippen LogP contribution in [-0.2, 0) is 9.84 Å². The normalized spacial score (nSPS) is 27.2. The van der Waals surface area contributed by atoms with E-state index in [1.54, 1.807) is 6.92 Å². The molecule has 0 aromatic heterocycles. The number of sulfone groups is 1. The van der Waals surface area contributed by atoms with Crippen LogP contribution in [0.4, 0.5) is 0 Å². The molecule has 0 aromatic carbocycles. The van der Waals surface area contributed by atoms with Crippen molar-refractivity contribution in [3.63, 3.8) is 0 Å². The third kappa shape index (κ3) is 5.70. The molecule has 0 aliphatic carbocycles. The van der Waals surface area contributed by atoms with Crippen LogP contribution in [0, 0.1) is 5.92 Å². The van der Waals surface area contributed by atoms with E-state index >= 15 is 0 Å². The highest BCUT2D eigenvalue weighted by atomic mass is 32.2. The van der Waals surface area contributed by atoms with Gasteiger partial charge in [-0.15, -0.1) is 0 Å². The van der Waals surface area contributed by atoms with E-state index in [-0.39, 0.29) is 5.75 Å². The van der Waals surface area contributed by atoms with Gasteiger partial charge < -0.3 is 5.32 Å². The maximum atomic E-state index is 11.6. The Morgan fingerprint density at radius 1 is 1.35 bits per heavy atom. The van der Waals surface area contributed by atoms with Crippen molar-refractivity contribution in [2.24, 2.45) is 5.92 Å². The van der Waals surface area contributed by atoms with Gasteiger partial charge in [0.15, 0.2) is 0 Å². The monoisotopic (exact) mass is 304 g/mol. The highest BCUT2D eigenvalue weighted by Crippen LogP contribution is 2.16. The van der Waals surface area contributed by atoms with Crippen LogP contribution in [0.1, 0.15) is 47.0 Å². The maximum Gasteiger partial charge on any atom is 0.150 e. The van der Waals surface area contributed by atoms with Crippen LogP contribution in [0.3, 0.4) is 0 Å². The average Bonchev–Trinajstić information content (AvgIpc) is 2.60. The first-order valence-corrected chi connectivity index (χ1v) is 9.89. The molecule has 1 heterocycles. The molecule has 0 bridgehead atoms. The Labute approximate surface area is 125 Å². The van der Waals surface area contributed by atoms with Gasteiger partial charge in [-0.3, -0.25) is 4.90 Å². The van der Waals surface area contributed by atoms with Crippen molar-refractivity contribution in [2.75, 3.05) is 31.1 Å². The quantitative estimate of drug-likeness (QED) is 0.780. The van der Waals surface area contributed by atoms with Gasteiger partial charge in [-0.05, 0) is 38.8 Å². The molecule has 20 heavy (non-hydrogen) atoms. The van der Waals surface area contributed by atoms with Crippen molar-refractivity contribution in [3.8, 4) is 0 Å². The van der Waals surface area contributed by atoms with Crippen LogP contribution in [0.5, 0.6) is 0 Å². The summed E-state index contributed by atoms with van der Waals surface area (Å²) in [6, 6.07) is 1.08. The largest absolute Gasteiger partial charge is 0.312 e. The molecule has 1 fully saturated rings. The molecule has 1 aliphatic heterocycles. The minimum Gasteiger partial charge on any atom is -0.312 e. The number of nitrogens with zero attached hydrogens (tertiary/aromatic N) is 1. The van der Waals surface area contributed by atoms with Crippen LogP contribution in [0.25, 0.3) is 0 Å². The molecular formula is C15H32N2O2S. The molecule has 0 radical (unpaired) electrons. The van der Waals surface area contributed by atoms with Gasteiger partial charge in [0.25, 0.3) is 0 Å². The summed E-state index contributed by atoms with van der Waals surface area (Å²) >= 11 is 0. The van der Waals surface area contributed by atoms with Crippen LogP contribution in [0.15, 0.2) is 0 Å². The van der Waals surface area contributed by atoms with E-state index in [2.05, 4.69) is 31.0 Å². The second kappa shape index (κ2) is 8.35. The first-order valence-electron chi connectivity index (χ1n) is 8.07. The Hall–Kier alpha value is -0.130. The van der Waals surface area contributed by atoms with Crippen molar-refractivity contribution in [3.05, 3.63) is 0 Å². The summed E-state index contributed by atoms with van der Waals surface area (Å²) < 4.78 is 23.2. The second-order valence-electron chi connectivity index (χ2n) is 6.17. The average molecular weight is 305 g/mol. The van der Waals surface area contributed by atoms with Gasteiger partial charge in [0, 0.05) is 24.4 Å². The third-order valence-electron chi connectivity index (χ3n) is 4.69. The van der Waals surface area contributed by atoms with E-state index in [0.717, 1.165) is 32.5 Å². The lowest BCUT2D eigenvalue weighted by Crippen LogP contribution is -2.44. The van der Waals surface area contributed by atoms with Gasteiger partial charge >= 0.3 is 0 Å². The Morgan fingerprint density at radius 2 is 2.05 bits per heavy atom. The molecule has 1 aliphatic rings. The molecule has 0 saturated carbocycles. The standard InChI is InChI=1S/C15H32N2O2S/c1-5-13(3)15-12-17(14(4)8-9-16-15)10-7-11-20(18,19)6-2/h13-16H,5-12H2,1-4H3. The number of hydrogen-bond donors (Lipinski definition) is 1. The maximum absolute atomic E-state index is 11.6. The lowest BCUT2D eigenvalue weighted by molar-refractivity contribution is 0.189. The fourth-order valence-corrected chi connectivity index (χ4v) is 3.62. The molecule has 0 aromatic rings. The van der Waals surface area contributed by atoms with E-state index in [0.29, 0.717) is 23.8 Å². The van der Waals surface area contributed by atoms with Crippen molar-refractivity contribution in [1.29, 1.82) is 0 Å². The van der Waals surface area contributed by atoms with Gasteiger partial charge in [-0.2, -0.15) is 0 Å². The van der Waals surface area contributed by atoms with E-state index in [1.165, 1.54) is 6.42 Å². The number of rotatable bonds is 7. The minimum absolute atomic E-state index is 0.263. The summed E-state index contributed by atoms with van der Waals surface area (Å²) in [5.41, 5.74) is 0. The van der Waals surface area contributed by atoms with Crippen LogP contribution in [-0.4, -0.2) is 56.5 Å². The predicted octanol–water partition coefficient (Wildman–Crippen LogP) is 1.91. The summed E-state index contributed by atoms with van der Waals surface area (Å²) in [5, 5.41) is 3.65. The fraction of sp³-hybridized carbons (Fsp3) is 1.00. The Bertz CT molecular complexity index is 370. The summed E-state index contributed by atoms with van der Waals surface area (Å²) in [7, 11) is -2.82. The van der Waals surface area contributed by atoms with Crippen LogP contribution >= 0.6 is 0 Å². The Kier molecular flexibility index (Phi) is 7.48. The first-order chi connectivity index (χ1) is 9.39. The summed E-state index contributed by atoms with van der Waals surface area (Å²) in [4.78, 5) is 2.47. The van der Waals surface area contributed by atoms with Crippen molar-refractivity contribution in [1.82, 2.24) is 10.2 Å². The molecule has 0 spiro atoms. The summed E-state index contributed by atoms with van der Waals surface area (Å²) in [6.07, 6.45) is 3.09. The summed E-state index contributed by atoms with van der Waals surface area (Å²) in [6.45, 7) is 11.5. The molecule has 0 amide bonds. The summed E-state index contributed by atoms with van der Waals surface area (Å²) in [5.74, 6) is 1.26. The van der Waals surface area contributed by atoms with Gasteiger partial charge in [-0.1, -0.05) is 27.2 Å². The van der Waals surface area contributed by atoms with Gasteiger partial charge in [-0.25, -0.2) is 8.42 Å². The van der Waals surface area contributed by atoms with Crippen molar-refractivity contribution >= 4 is 9.84 Å². The lowest BCUT2D eigenvalue weighted by Gasteiger charge is -2.31. The topological polar surface area (TPSA) is 49.4 Å². The SMILES string of the molecule is CCC(C)C1CN(CCCS(=O)(=O)CC)C(C)CCN1. The number of nitrogens with one attached hydrogen (secondary N) is 1. The zero-order valence-corrected chi connectivity index (χ0v) is 14.4. The predicted molar refractivity (Wildman–Crippen MR) is 85.8 cm³/mol. The number of hydrogen-bond acceptors (Lipinski definition) is 4. The molecule has 1 saturated heterocycles. The molecule has 3 unspecified atom stereocenters. The molecule has 4 nitrogen and oxygen atoms in total. The molecule has 5 heteroatoms. The highest BCUT2D eigenvalue weighted by Gasteiger charge is 2.25. The van der Waals surface area contributed by atoms with Crippen LogP contribution in [0.2, 0.25) is 0 Å². The zero-order valence-electron chi connectivity index (χ0n) is 13.6. The Balaban J connectivity index is 2.52. The van der Waals surface area contributed by atoms with Crippen molar-refractivity contribution < 1.29 is 8.42 Å². The molecule has 1 rings (SSSR count). The van der Waals surface area contributed by atoms with E-state index < -0.39 is 9.84 Å². The van der Waals surface area contributed by atoms with Gasteiger partial charge in [0.2, 0.25) is 0 Å². The van der Waals surface area contributed by atoms with Gasteiger partial charge in [0.1, 0.15) is 9.84 Å². The highest BCUT2D eigenvalue weighted by molar-refractivity contribution is 7.91. The molecular weight excluding hydrogens is 272 g/mol. The minimum atomic E-state index is -2.82. The smallest absolute Gasteiger partial charge is 0.150 e. The van der Waals surface area contributed by atoms with E-state index in [4.69, 9.17) is 0 Å². The van der Waals surface area contributed by atoms with E-state index in [9.17, 15) is 8.42 Å².